The van der Waals surface area contributed by atoms with E-state index >= 15 is 0 Å². The van der Waals surface area contributed by atoms with Crippen LogP contribution in [0.2, 0.25) is 0 Å². The molecule has 7 heteroatoms. The van der Waals surface area contributed by atoms with Crippen LogP contribution in [-0.2, 0) is 16.1 Å². The molecular formula is C19H25N3O4. The number of carbonyl (C=O) groups excluding carboxylic acids is 2. The van der Waals surface area contributed by atoms with Crippen LogP contribution in [0, 0.1) is 17.8 Å². The minimum atomic E-state index is -0.665. The minimum absolute atomic E-state index is 0.00727. The highest BCUT2D eigenvalue weighted by Gasteiger charge is 2.58. The third-order valence-electron chi connectivity index (χ3n) is 6.35. The van der Waals surface area contributed by atoms with E-state index in [1.54, 1.807) is 29.6 Å². The highest BCUT2D eigenvalue weighted by Crippen LogP contribution is 2.50. The van der Waals surface area contributed by atoms with Gasteiger partial charge in [0.25, 0.3) is 5.56 Å². The first-order chi connectivity index (χ1) is 12.5. The fourth-order valence-corrected chi connectivity index (χ4v) is 4.79. The molecule has 1 N–H and O–H groups in total. The summed E-state index contributed by atoms with van der Waals surface area (Å²) >= 11 is 0. The first kappa shape index (κ1) is 17.3. The van der Waals surface area contributed by atoms with Crippen molar-refractivity contribution in [3.8, 4) is 0 Å². The number of fused-ring (bicyclic) bond motifs is 3. The van der Waals surface area contributed by atoms with Gasteiger partial charge in [-0.05, 0) is 18.9 Å². The fraction of sp³-hybridized carbons (Fsp3) is 0.632. The zero-order valence-corrected chi connectivity index (χ0v) is 15.2. The molecule has 0 radical (unpaired) electrons. The van der Waals surface area contributed by atoms with Crippen molar-refractivity contribution in [2.75, 3.05) is 20.7 Å². The predicted octanol–water partition coefficient (Wildman–Crippen LogP) is 0.227. The molecule has 0 unspecified atom stereocenters. The normalized spacial score (nSPS) is 29.9. The van der Waals surface area contributed by atoms with Crippen LogP contribution in [0.25, 0.3) is 0 Å². The van der Waals surface area contributed by atoms with Gasteiger partial charge in [0.1, 0.15) is 6.04 Å². The van der Waals surface area contributed by atoms with Crippen molar-refractivity contribution < 1.29 is 14.7 Å². The lowest BCUT2D eigenvalue weighted by Gasteiger charge is -2.37. The van der Waals surface area contributed by atoms with Crippen LogP contribution >= 0.6 is 0 Å². The third-order valence-corrected chi connectivity index (χ3v) is 6.35. The van der Waals surface area contributed by atoms with Crippen LogP contribution in [0.1, 0.15) is 31.0 Å². The molecule has 1 saturated heterocycles. The molecule has 0 bridgehead atoms. The summed E-state index contributed by atoms with van der Waals surface area (Å²) in [6, 6.07) is 4.10. The first-order valence-electron chi connectivity index (χ1n) is 9.29. The molecule has 2 aliphatic heterocycles. The molecule has 3 aliphatic rings. The van der Waals surface area contributed by atoms with Crippen molar-refractivity contribution in [2.45, 2.75) is 37.9 Å². The summed E-state index contributed by atoms with van der Waals surface area (Å²) in [6.07, 6.45) is 2.73. The Bertz CT molecular complexity index is 798. The second kappa shape index (κ2) is 6.23. The molecule has 4 rings (SSSR count). The fourth-order valence-electron chi connectivity index (χ4n) is 4.79. The van der Waals surface area contributed by atoms with Gasteiger partial charge in [-0.2, -0.15) is 0 Å². The Morgan fingerprint density at radius 3 is 2.58 bits per heavy atom. The highest BCUT2D eigenvalue weighted by molar-refractivity contribution is 5.90. The molecular weight excluding hydrogens is 334 g/mol. The number of likely N-dealkylation sites (N-methyl/N-ethyl adjacent to an activating group) is 1. The molecule has 1 aromatic heterocycles. The molecule has 0 spiro atoms. The second-order valence-corrected chi connectivity index (χ2v) is 7.91. The van der Waals surface area contributed by atoms with Crippen LogP contribution < -0.4 is 5.56 Å². The summed E-state index contributed by atoms with van der Waals surface area (Å²) in [5, 5.41) is 10.1. The van der Waals surface area contributed by atoms with Gasteiger partial charge in [0, 0.05) is 56.8 Å². The van der Waals surface area contributed by atoms with E-state index in [4.69, 9.17) is 0 Å². The number of amides is 2. The van der Waals surface area contributed by atoms with Gasteiger partial charge >= 0.3 is 0 Å². The number of pyridine rings is 1. The lowest BCUT2D eigenvalue weighted by atomic mass is 9.84. The molecule has 26 heavy (non-hydrogen) atoms. The molecule has 1 saturated carbocycles. The van der Waals surface area contributed by atoms with Gasteiger partial charge in [0.2, 0.25) is 11.8 Å². The van der Waals surface area contributed by atoms with Crippen LogP contribution in [0.15, 0.2) is 23.0 Å². The van der Waals surface area contributed by atoms with Gasteiger partial charge < -0.3 is 19.5 Å². The summed E-state index contributed by atoms with van der Waals surface area (Å²) in [5.41, 5.74) is 0.683. The van der Waals surface area contributed by atoms with Crippen molar-refractivity contribution in [1.29, 1.82) is 0 Å². The number of rotatable bonds is 3. The van der Waals surface area contributed by atoms with E-state index < -0.39 is 6.04 Å². The number of aliphatic hydroxyl groups excluding tert-OH is 1. The van der Waals surface area contributed by atoms with Crippen LogP contribution in [0.4, 0.5) is 0 Å². The SMILES string of the molecule is CN(C)C(=O)[C@@H]1[C@@H](CO)[C@@H]2Cn3c(cccc3=O)[C@@H]2N1C(=O)C1CCC1. The maximum atomic E-state index is 13.3. The highest BCUT2D eigenvalue weighted by atomic mass is 16.3. The summed E-state index contributed by atoms with van der Waals surface area (Å²) in [7, 11) is 3.35. The van der Waals surface area contributed by atoms with E-state index in [-0.39, 0.29) is 47.8 Å². The number of aliphatic hydroxyl groups is 1. The Morgan fingerprint density at radius 2 is 2.00 bits per heavy atom. The van der Waals surface area contributed by atoms with E-state index in [1.807, 2.05) is 6.07 Å². The number of carbonyl (C=O) groups is 2. The van der Waals surface area contributed by atoms with E-state index in [2.05, 4.69) is 0 Å². The maximum Gasteiger partial charge on any atom is 0.250 e. The molecule has 7 nitrogen and oxygen atoms in total. The summed E-state index contributed by atoms with van der Waals surface area (Å²) in [6.45, 7) is 0.263. The number of hydrogen-bond acceptors (Lipinski definition) is 4. The Kier molecular flexibility index (Phi) is 4.14. The molecule has 0 aromatic carbocycles. The Hall–Kier alpha value is -2.15. The Balaban J connectivity index is 1.82. The number of nitrogens with zero attached hydrogens (tertiary/aromatic N) is 3. The molecule has 3 heterocycles. The van der Waals surface area contributed by atoms with Crippen LogP contribution in [0.5, 0.6) is 0 Å². The van der Waals surface area contributed by atoms with Crippen molar-refractivity contribution in [2.24, 2.45) is 17.8 Å². The average molecular weight is 359 g/mol. The van der Waals surface area contributed by atoms with E-state index in [1.165, 1.54) is 11.0 Å². The van der Waals surface area contributed by atoms with Gasteiger partial charge in [-0.15, -0.1) is 0 Å². The van der Waals surface area contributed by atoms with Crippen molar-refractivity contribution in [1.82, 2.24) is 14.4 Å². The van der Waals surface area contributed by atoms with Gasteiger partial charge in [-0.3, -0.25) is 14.4 Å². The number of aromatic nitrogens is 1. The van der Waals surface area contributed by atoms with Crippen LogP contribution in [-0.4, -0.2) is 58.0 Å². The summed E-state index contributed by atoms with van der Waals surface area (Å²) in [5.74, 6) is -0.690. The molecule has 1 aliphatic carbocycles. The number of hydrogen-bond donors (Lipinski definition) is 1. The summed E-state index contributed by atoms with van der Waals surface area (Å²) in [4.78, 5) is 41.6. The van der Waals surface area contributed by atoms with Crippen molar-refractivity contribution in [3.63, 3.8) is 0 Å². The minimum Gasteiger partial charge on any atom is -0.396 e. The lowest BCUT2D eigenvalue weighted by molar-refractivity contribution is -0.150. The molecule has 4 atom stereocenters. The van der Waals surface area contributed by atoms with E-state index in [9.17, 15) is 19.5 Å². The maximum absolute atomic E-state index is 13.3. The average Bonchev–Trinajstić information content (AvgIpc) is 3.07. The monoisotopic (exact) mass is 359 g/mol. The van der Waals surface area contributed by atoms with E-state index in [0.29, 0.717) is 6.54 Å². The molecule has 2 amide bonds. The van der Waals surface area contributed by atoms with Crippen molar-refractivity contribution >= 4 is 11.8 Å². The van der Waals surface area contributed by atoms with Gasteiger partial charge in [0.05, 0.1) is 6.04 Å². The molecule has 2 fully saturated rings. The number of likely N-dealkylation sites (tertiary alicyclic amines) is 1. The Morgan fingerprint density at radius 1 is 1.27 bits per heavy atom. The third kappa shape index (κ3) is 2.33. The predicted molar refractivity (Wildman–Crippen MR) is 94.2 cm³/mol. The summed E-state index contributed by atoms with van der Waals surface area (Å²) < 4.78 is 1.69. The van der Waals surface area contributed by atoms with Gasteiger partial charge in [-0.1, -0.05) is 12.5 Å². The largest absolute Gasteiger partial charge is 0.396 e. The zero-order chi connectivity index (χ0) is 18.6. The molecule has 1 aromatic rings. The smallest absolute Gasteiger partial charge is 0.250 e. The van der Waals surface area contributed by atoms with Crippen molar-refractivity contribution in [3.05, 3.63) is 34.2 Å². The topological polar surface area (TPSA) is 82.8 Å². The van der Waals surface area contributed by atoms with Gasteiger partial charge in [0.15, 0.2) is 0 Å². The quantitative estimate of drug-likeness (QED) is 0.837. The van der Waals surface area contributed by atoms with Crippen LogP contribution in [0.3, 0.4) is 0 Å². The van der Waals surface area contributed by atoms with Gasteiger partial charge in [-0.25, -0.2) is 0 Å². The van der Waals surface area contributed by atoms with E-state index in [0.717, 1.165) is 25.0 Å². The Labute approximate surface area is 152 Å². The zero-order valence-electron chi connectivity index (χ0n) is 15.2. The molecule has 140 valence electrons. The first-order valence-corrected chi connectivity index (χ1v) is 9.29. The standard InChI is InChI=1S/C19H25N3O4/c1-20(2)19(26)17-13(10-23)12-9-21-14(7-4-8-15(21)24)16(12)22(17)18(25)11-5-3-6-11/h4,7-8,11-13,16-17,23H,3,5-6,9-10H2,1-2H3/t12-,13-,16+,17-/m0/s1. The second-order valence-electron chi connectivity index (χ2n) is 7.91. The lowest BCUT2D eigenvalue weighted by Crippen LogP contribution is -2.52.